The first kappa shape index (κ1) is 23.1. The van der Waals surface area contributed by atoms with Gasteiger partial charge in [0.25, 0.3) is 18.6 Å². The van der Waals surface area contributed by atoms with Crippen LogP contribution >= 0.6 is 0 Å². The number of pyridine rings is 2. The fraction of sp³-hybridized carbons (Fsp3) is 0.333. The van der Waals surface area contributed by atoms with E-state index in [-0.39, 0.29) is 59.9 Å². The van der Waals surface area contributed by atoms with E-state index in [2.05, 4.69) is 15.1 Å². The van der Waals surface area contributed by atoms with Gasteiger partial charge in [-0.15, -0.1) is 0 Å². The van der Waals surface area contributed by atoms with Crippen LogP contribution in [0.15, 0.2) is 30.7 Å². The number of alkyl halides is 3. The Bertz CT molecular complexity index is 1420. The Morgan fingerprint density at radius 2 is 1.97 bits per heavy atom. The summed E-state index contributed by atoms with van der Waals surface area (Å²) in [5.41, 5.74) is -0.764. The fourth-order valence-electron chi connectivity index (χ4n) is 3.96. The Kier molecular flexibility index (Phi) is 5.84. The van der Waals surface area contributed by atoms with Crippen molar-refractivity contribution in [3.8, 4) is 11.4 Å². The molecule has 1 N–H and O–H groups in total. The van der Waals surface area contributed by atoms with Gasteiger partial charge in [0.1, 0.15) is 17.2 Å². The predicted octanol–water partition coefficient (Wildman–Crippen LogP) is 2.59. The number of carbonyl (C=O) groups is 1. The summed E-state index contributed by atoms with van der Waals surface area (Å²) in [6.45, 7) is 0.337. The summed E-state index contributed by atoms with van der Waals surface area (Å²) in [5.74, 6) is -2.52. The van der Waals surface area contributed by atoms with E-state index in [0.29, 0.717) is 10.7 Å². The van der Waals surface area contributed by atoms with E-state index >= 15 is 0 Å². The zero-order valence-electron chi connectivity index (χ0n) is 17.8. The van der Waals surface area contributed by atoms with Crippen LogP contribution in [0.5, 0.6) is 0 Å². The lowest BCUT2D eigenvalue weighted by Crippen LogP contribution is -2.38. The first-order valence-electron chi connectivity index (χ1n) is 10.4. The highest BCUT2D eigenvalue weighted by Crippen LogP contribution is 2.33. The Hall–Kier alpha value is -3.65. The van der Waals surface area contributed by atoms with Crippen LogP contribution in [0.3, 0.4) is 0 Å². The third-order valence-corrected chi connectivity index (χ3v) is 5.56. The fourth-order valence-corrected chi connectivity index (χ4v) is 3.96. The van der Waals surface area contributed by atoms with E-state index < -0.39 is 36.4 Å². The Morgan fingerprint density at radius 1 is 1.17 bits per heavy atom. The van der Waals surface area contributed by atoms with Gasteiger partial charge in [0, 0.05) is 36.9 Å². The molecule has 1 amide bonds. The van der Waals surface area contributed by atoms with Crippen LogP contribution < -0.4 is 0 Å². The molecule has 1 aliphatic rings. The van der Waals surface area contributed by atoms with Gasteiger partial charge in [-0.3, -0.25) is 14.2 Å². The van der Waals surface area contributed by atoms with Crippen molar-refractivity contribution in [2.45, 2.75) is 18.8 Å². The number of rotatable bonds is 4. The second kappa shape index (κ2) is 8.85. The summed E-state index contributed by atoms with van der Waals surface area (Å²) < 4.78 is 75.7. The van der Waals surface area contributed by atoms with Gasteiger partial charge in [-0.2, -0.15) is 5.10 Å². The largest absolute Gasteiger partial charge is 0.389 e. The van der Waals surface area contributed by atoms with E-state index in [9.17, 15) is 31.9 Å². The standard InChI is InChI=1S/C21H17F5N6O3/c22-10-3-13(23)20-28-6-16(31(20)7-10)17-12-5-27-14(4-15(12)32(29-17)19(26)18(24)25)21(34)30-1-2-35-9-11(33)8-30/h3-7,11,18-19,33H,1-2,8-9H2. The molecule has 9 nitrogen and oxygen atoms in total. The first-order chi connectivity index (χ1) is 16.7. The molecular weight excluding hydrogens is 479 g/mol. The molecule has 1 fully saturated rings. The molecular formula is C21H17F5N6O3. The zero-order chi connectivity index (χ0) is 24.9. The molecule has 0 saturated carbocycles. The summed E-state index contributed by atoms with van der Waals surface area (Å²) in [6.07, 6.45) is -4.06. The Balaban J connectivity index is 1.65. The number of aliphatic hydroxyl groups excluding tert-OH is 1. The minimum Gasteiger partial charge on any atom is -0.389 e. The van der Waals surface area contributed by atoms with Gasteiger partial charge in [-0.25, -0.2) is 31.6 Å². The molecule has 1 saturated heterocycles. The molecule has 35 heavy (non-hydrogen) atoms. The Labute approximate surface area is 193 Å². The highest BCUT2D eigenvalue weighted by Gasteiger charge is 2.29. The van der Waals surface area contributed by atoms with Gasteiger partial charge in [-0.05, 0) is 6.07 Å². The van der Waals surface area contributed by atoms with Gasteiger partial charge in [0.15, 0.2) is 11.5 Å². The normalized spacial score (nSPS) is 17.9. The number of hydrogen-bond donors (Lipinski definition) is 1. The van der Waals surface area contributed by atoms with Crippen molar-refractivity contribution in [3.63, 3.8) is 0 Å². The quantitative estimate of drug-likeness (QED) is 0.437. The number of imidazole rings is 1. The van der Waals surface area contributed by atoms with Crippen LogP contribution in [-0.4, -0.2) is 78.9 Å². The molecule has 5 heterocycles. The second-order valence-electron chi connectivity index (χ2n) is 7.91. The molecule has 0 bridgehead atoms. The van der Waals surface area contributed by atoms with Crippen LogP contribution in [0, 0.1) is 11.6 Å². The highest BCUT2D eigenvalue weighted by molar-refractivity contribution is 5.99. The lowest BCUT2D eigenvalue weighted by Gasteiger charge is -2.21. The lowest BCUT2D eigenvalue weighted by atomic mass is 10.2. The molecule has 0 aliphatic carbocycles. The van der Waals surface area contributed by atoms with Crippen LogP contribution in [0.4, 0.5) is 22.0 Å². The summed E-state index contributed by atoms with van der Waals surface area (Å²) in [6, 6.07) is 1.73. The van der Waals surface area contributed by atoms with Crippen molar-refractivity contribution in [1.29, 1.82) is 0 Å². The van der Waals surface area contributed by atoms with Crippen molar-refractivity contribution < 1.29 is 36.6 Å². The van der Waals surface area contributed by atoms with Gasteiger partial charge in [-0.1, -0.05) is 0 Å². The van der Waals surface area contributed by atoms with E-state index in [0.717, 1.165) is 29.1 Å². The maximum atomic E-state index is 14.5. The van der Waals surface area contributed by atoms with E-state index in [1.54, 1.807) is 0 Å². The SMILES string of the molecule is O=C(c1cc2c(cn1)c(-c1cnc3c(F)cc(F)cn13)nn2C(F)C(F)F)N1CCOCC(O)C1. The minimum absolute atomic E-state index is 0.00252. The summed E-state index contributed by atoms with van der Waals surface area (Å²) in [5, 5.41) is 13.9. The Morgan fingerprint density at radius 3 is 2.74 bits per heavy atom. The topological polar surface area (TPSA) is 97.8 Å². The second-order valence-corrected chi connectivity index (χ2v) is 7.91. The van der Waals surface area contributed by atoms with Crippen molar-refractivity contribution in [2.75, 3.05) is 26.3 Å². The molecule has 184 valence electrons. The third kappa shape index (κ3) is 4.08. The van der Waals surface area contributed by atoms with Gasteiger partial charge >= 0.3 is 0 Å². The molecule has 1 aliphatic heterocycles. The monoisotopic (exact) mass is 496 g/mol. The predicted molar refractivity (Wildman–Crippen MR) is 111 cm³/mol. The maximum Gasteiger partial charge on any atom is 0.289 e. The summed E-state index contributed by atoms with van der Waals surface area (Å²) in [4.78, 5) is 22.2. The molecule has 0 aromatic carbocycles. The molecule has 2 unspecified atom stereocenters. The van der Waals surface area contributed by atoms with Crippen molar-refractivity contribution in [1.82, 2.24) is 29.0 Å². The van der Waals surface area contributed by atoms with Crippen LogP contribution in [0.2, 0.25) is 0 Å². The molecule has 2 atom stereocenters. The smallest absolute Gasteiger partial charge is 0.289 e. The molecule has 0 spiro atoms. The highest BCUT2D eigenvalue weighted by atomic mass is 19.3. The number of nitrogens with zero attached hydrogens (tertiary/aromatic N) is 6. The maximum absolute atomic E-state index is 14.5. The number of aliphatic hydroxyl groups is 1. The number of ether oxygens (including phenoxy) is 1. The number of halogens is 5. The molecule has 5 rings (SSSR count). The zero-order valence-corrected chi connectivity index (χ0v) is 17.8. The minimum atomic E-state index is -3.45. The number of hydrogen-bond acceptors (Lipinski definition) is 6. The summed E-state index contributed by atoms with van der Waals surface area (Å²) in [7, 11) is 0. The number of amides is 1. The van der Waals surface area contributed by atoms with Gasteiger partial charge in [0.05, 0.1) is 36.7 Å². The first-order valence-corrected chi connectivity index (χ1v) is 10.4. The van der Waals surface area contributed by atoms with Crippen LogP contribution in [0.1, 0.15) is 16.8 Å². The average molecular weight is 496 g/mol. The molecule has 4 aromatic heterocycles. The lowest BCUT2D eigenvalue weighted by molar-refractivity contribution is 0.00356. The summed E-state index contributed by atoms with van der Waals surface area (Å²) >= 11 is 0. The average Bonchev–Trinajstić information content (AvgIpc) is 3.33. The molecule has 14 heteroatoms. The number of aromatic nitrogens is 5. The molecule has 0 radical (unpaired) electrons. The number of fused-ring (bicyclic) bond motifs is 2. The van der Waals surface area contributed by atoms with Crippen molar-refractivity contribution >= 4 is 22.5 Å². The van der Waals surface area contributed by atoms with E-state index in [1.807, 2.05) is 0 Å². The number of carbonyl (C=O) groups excluding carboxylic acids is 1. The van der Waals surface area contributed by atoms with E-state index in [1.165, 1.54) is 4.90 Å². The van der Waals surface area contributed by atoms with Crippen LogP contribution in [0.25, 0.3) is 27.9 Å². The molecule has 4 aromatic rings. The van der Waals surface area contributed by atoms with Crippen molar-refractivity contribution in [3.05, 3.63) is 48.1 Å². The van der Waals surface area contributed by atoms with Crippen molar-refractivity contribution in [2.24, 2.45) is 0 Å². The van der Waals surface area contributed by atoms with Gasteiger partial charge < -0.3 is 14.7 Å². The van der Waals surface area contributed by atoms with E-state index in [4.69, 9.17) is 4.74 Å². The number of β-amino-alcohol motifs (C(OH)–C–C–N with tert-alkyl or cyclic N) is 1. The van der Waals surface area contributed by atoms with Gasteiger partial charge in [0.2, 0.25) is 0 Å². The van der Waals surface area contributed by atoms with Crippen LogP contribution in [-0.2, 0) is 4.74 Å². The third-order valence-electron chi connectivity index (χ3n) is 5.56.